The number of aromatic nitrogens is 2. The minimum Gasteiger partial charge on any atom is -0.272 e. The number of benzene rings is 2. The number of para-hydroxylation sites is 1. The minimum atomic E-state index is -0.408. The normalized spacial score (nSPS) is 10.5. The average molecular weight is 395 g/mol. The lowest BCUT2D eigenvalue weighted by Crippen LogP contribution is -2.42. The van der Waals surface area contributed by atoms with Gasteiger partial charge >= 0.3 is 0 Å². The molecule has 0 saturated heterocycles. The van der Waals surface area contributed by atoms with Gasteiger partial charge in [-0.2, -0.15) is 16.9 Å². The fourth-order valence-electron chi connectivity index (χ4n) is 2.60. The maximum Gasteiger partial charge on any atom is 0.273 e. The number of hydrogen-bond donors (Lipinski definition) is 2. The number of nitrogens with zero attached hydrogens (tertiary/aromatic N) is 2. The van der Waals surface area contributed by atoms with E-state index in [9.17, 15) is 9.59 Å². The summed E-state index contributed by atoms with van der Waals surface area (Å²) < 4.78 is 1.66. The summed E-state index contributed by atoms with van der Waals surface area (Å²) >= 11 is 1.53. The third kappa shape index (κ3) is 5.01. The van der Waals surface area contributed by atoms with Gasteiger partial charge in [-0.3, -0.25) is 20.4 Å². The van der Waals surface area contributed by atoms with E-state index in [0.717, 1.165) is 23.4 Å². The van der Waals surface area contributed by atoms with E-state index in [1.807, 2.05) is 60.7 Å². The van der Waals surface area contributed by atoms with Crippen LogP contribution >= 0.6 is 11.8 Å². The number of thioether (sulfide) groups is 1. The van der Waals surface area contributed by atoms with E-state index in [2.05, 4.69) is 22.9 Å². The van der Waals surface area contributed by atoms with Gasteiger partial charge in [0.05, 0.1) is 17.0 Å². The Kier molecular flexibility index (Phi) is 6.86. The van der Waals surface area contributed by atoms with Gasteiger partial charge in [0.15, 0.2) is 0 Å². The van der Waals surface area contributed by atoms with Gasteiger partial charge in [-0.05, 0) is 24.3 Å². The van der Waals surface area contributed by atoms with Crippen LogP contribution in [-0.4, -0.2) is 33.1 Å². The summed E-state index contributed by atoms with van der Waals surface area (Å²) in [6, 6.07) is 19.1. The Bertz CT molecular complexity index is 926. The number of carbonyl (C=O) groups excluding carboxylic acids is 2. The Morgan fingerprint density at radius 3 is 2.36 bits per heavy atom. The molecule has 3 aromatic rings. The van der Waals surface area contributed by atoms with Gasteiger partial charge in [-0.15, -0.1) is 0 Å². The topological polar surface area (TPSA) is 76.0 Å². The van der Waals surface area contributed by atoms with Crippen LogP contribution in [0.3, 0.4) is 0 Å². The molecule has 144 valence electrons. The zero-order valence-corrected chi connectivity index (χ0v) is 16.4. The van der Waals surface area contributed by atoms with Crippen molar-refractivity contribution in [1.29, 1.82) is 0 Å². The van der Waals surface area contributed by atoms with Crippen LogP contribution in [0, 0.1) is 0 Å². The summed E-state index contributed by atoms with van der Waals surface area (Å²) in [4.78, 5) is 24.6. The second-order valence-corrected chi connectivity index (χ2v) is 7.20. The lowest BCUT2D eigenvalue weighted by atomic mass is 10.1. The number of rotatable bonds is 7. The maximum absolute atomic E-state index is 12.7. The zero-order chi connectivity index (χ0) is 19.8. The monoisotopic (exact) mass is 394 g/mol. The van der Waals surface area contributed by atoms with E-state index in [4.69, 9.17) is 0 Å². The van der Waals surface area contributed by atoms with E-state index in [1.54, 1.807) is 10.9 Å². The Morgan fingerprint density at radius 2 is 1.68 bits per heavy atom. The van der Waals surface area contributed by atoms with Gasteiger partial charge in [0, 0.05) is 11.8 Å². The average Bonchev–Trinajstić information content (AvgIpc) is 3.19. The second kappa shape index (κ2) is 9.75. The van der Waals surface area contributed by atoms with Crippen LogP contribution < -0.4 is 10.9 Å². The Balaban J connectivity index is 1.81. The highest BCUT2D eigenvalue weighted by Crippen LogP contribution is 2.23. The number of amides is 2. The lowest BCUT2D eigenvalue weighted by Gasteiger charge is -2.07. The highest BCUT2D eigenvalue weighted by molar-refractivity contribution is 7.99. The molecule has 0 atom stereocenters. The molecule has 0 aliphatic heterocycles. The van der Waals surface area contributed by atoms with Crippen LogP contribution in [0.15, 0.2) is 66.9 Å². The summed E-state index contributed by atoms with van der Waals surface area (Å²) in [5.74, 6) is 0.574. The minimum absolute atomic E-state index is 0.233. The van der Waals surface area contributed by atoms with Crippen molar-refractivity contribution >= 4 is 23.6 Å². The quantitative estimate of drug-likeness (QED) is 0.475. The molecule has 3 rings (SSSR count). The molecular weight excluding hydrogens is 372 g/mol. The highest BCUT2D eigenvalue weighted by Gasteiger charge is 2.19. The third-order valence-corrected chi connectivity index (χ3v) is 5.09. The van der Waals surface area contributed by atoms with Crippen molar-refractivity contribution in [2.75, 3.05) is 11.5 Å². The van der Waals surface area contributed by atoms with Gasteiger partial charge < -0.3 is 0 Å². The molecule has 1 aromatic heterocycles. The lowest BCUT2D eigenvalue weighted by molar-refractivity contribution is -0.119. The van der Waals surface area contributed by atoms with E-state index in [0.29, 0.717) is 17.0 Å². The smallest absolute Gasteiger partial charge is 0.272 e. The molecule has 2 amide bonds. The van der Waals surface area contributed by atoms with E-state index < -0.39 is 5.91 Å². The van der Waals surface area contributed by atoms with Crippen molar-refractivity contribution < 1.29 is 9.59 Å². The van der Waals surface area contributed by atoms with Crippen molar-refractivity contribution in [3.63, 3.8) is 0 Å². The van der Waals surface area contributed by atoms with Gasteiger partial charge in [0.1, 0.15) is 5.69 Å². The first-order valence-corrected chi connectivity index (χ1v) is 10.2. The second-order valence-electron chi connectivity index (χ2n) is 6.09. The first kappa shape index (κ1) is 19.7. The summed E-state index contributed by atoms with van der Waals surface area (Å²) in [6.45, 7) is 2.06. The van der Waals surface area contributed by atoms with Crippen LogP contribution in [0.4, 0.5) is 0 Å². The zero-order valence-electron chi connectivity index (χ0n) is 15.6. The number of hydrazine groups is 1. The molecule has 0 aliphatic carbocycles. The Hall–Kier alpha value is -3.06. The molecule has 0 saturated carbocycles. The molecule has 0 bridgehead atoms. The predicted molar refractivity (Wildman–Crippen MR) is 112 cm³/mol. The Labute approximate surface area is 168 Å². The molecule has 1 heterocycles. The molecule has 0 spiro atoms. The number of nitrogens with one attached hydrogen (secondary N) is 2. The van der Waals surface area contributed by atoms with Crippen LogP contribution in [0.25, 0.3) is 16.9 Å². The number of hydrogen-bond acceptors (Lipinski definition) is 4. The summed E-state index contributed by atoms with van der Waals surface area (Å²) in [5.41, 5.74) is 7.58. The van der Waals surface area contributed by atoms with E-state index in [-0.39, 0.29) is 5.91 Å². The van der Waals surface area contributed by atoms with Crippen molar-refractivity contribution in [2.24, 2.45) is 0 Å². The molecule has 6 nitrogen and oxygen atoms in total. The molecule has 7 heteroatoms. The fraction of sp³-hybridized carbons (Fsp3) is 0.190. The summed E-state index contributed by atoms with van der Waals surface area (Å²) in [5, 5.41) is 4.60. The van der Waals surface area contributed by atoms with Gasteiger partial charge in [-0.25, -0.2) is 4.68 Å². The van der Waals surface area contributed by atoms with E-state index in [1.165, 1.54) is 11.8 Å². The molecule has 28 heavy (non-hydrogen) atoms. The SMILES string of the molecule is CCCSCC(=O)NNC(=O)c1cn(-c2ccccc2)nc1-c1ccccc1. The first-order chi connectivity index (χ1) is 13.7. The van der Waals surface area contributed by atoms with Crippen molar-refractivity contribution in [2.45, 2.75) is 13.3 Å². The molecule has 0 radical (unpaired) electrons. The first-order valence-electron chi connectivity index (χ1n) is 9.06. The fourth-order valence-corrected chi connectivity index (χ4v) is 3.29. The maximum atomic E-state index is 12.7. The summed E-state index contributed by atoms with van der Waals surface area (Å²) in [6.07, 6.45) is 2.68. The van der Waals surface area contributed by atoms with Crippen LogP contribution in [0.1, 0.15) is 23.7 Å². The molecule has 2 aromatic carbocycles. The molecule has 0 aliphatic rings. The largest absolute Gasteiger partial charge is 0.273 e. The summed E-state index contributed by atoms with van der Waals surface area (Å²) in [7, 11) is 0. The van der Waals surface area contributed by atoms with Gasteiger partial charge in [0.2, 0.25) is 5.91 Å². The van der Waals surface area contributed by atoms with Gasteiger partial charge in [-0.1, -0.05) is 55.5 Å². The molecule has 0 fully saturated rings. The number of carbonyl (C=O) groups is 2. The van der Waals surface area contributed by atoms with Crippen molar-refractivity contribution in [3.05, 3.63) is 72.4 Å². The standard InChI is InChI=1S/C21H22N4O2S/c1-2-13-28-15-19(26)22-23-21(27)18-14-25(17-11-7-4-8-12-17)24-20(18)16-9-5-3-6-10-16/h3-12,14H,2,13,15H2,1H3,(H,22,26)(H,23,27). The van der Waals surface area contributed by atoms with Crippen molar-refractivity contribution in [3.8, 4) is 16.9 Å². The molecular formula is C21H22N4O2S. The van der Waals surface area contributed by atoms with Crippen LogP contribution in [0.5, 0.6) is 0 Å². The van der Waals surface area contributed by atoms with Crippen LogP contribution in [0.2, 0.25) is 0 Å². The van der Waals surface area contributed by atoms with Crippen molar-refractivity contribution in [1.82, 2.24) is 20.6 Å². The predicted octanol–water partition coefficient (Wildman–Crippen LogP) is 3.44. The molecule has 2 N–H and O–H groups in total. The third-order valence-electron chi connectivity index (χ3n) is 3.92. The highest BCUT2D eigenvalue weighted by atomic mass is 32.2. The van der Waals surface area contributed by atoms with Gasteiger partial charge in [0.25, 0.3) is 5.91 Å². The van der Waals surface area contributed by atoms with E-state index >= 15 is 0 Å². The molecule has 0 unspecified atom stereocenters. The van der Waals surface area contributed by atoms with Crippen LogP contribution in [-0.2, 0) is 4.79 Å². The Morgan fingerprint density at radius 1 is 1.00 bits per heavy atom.